The molecule has 1 aromatic heterocycles. The lowest BCUT2D eigenvalue weighted by Crippen LogP contribution is -2.13. The number of pyridine rings is 1. The highest BCUT2D eigenvalue weighted by Crippen LogP contribution is 2.18. The molecule has 0 aliphatic heterocycles. The normalized spacial score (nSPS) is 10.1. The lowest BCUT2D eigenvalue weighted by molar-refractivity contribution is 0.102. The van der Waals surface area contributed by atoms with Gasteiger partial charge in [0.25, 0.3) is 5.91 Å². The minimum absolute atomic E-state index is 0.111. The van der Waals surface area contributed by atoms with Gasteiger partial charge in [-0.3, -0.25) is 9.78 Å². The van der Waals surface area contributed by atoms with Crippen LogP contribution in [0.5, 0.6) is 0 Å². The zero-order valence-corrected chi connectivity index (χ0v) is 11.3. The molecular weight excluding hydrogens is 238 g/mol. The van der Waals surface area contributed by atoms with Gasteiger partial charge in [0.1, 0.15) is 0 Å². The van der Waals surface area contributed by atoms with Crippen LogP contribution in [0.4, 0.5) is 11.4 Å². The van der Waals surface area contributed by atoms with Crippen LogP contribution in [-0.4, -0.2) is 17.9 Å². The Kier molecular flexibility index (Phi) is 3.80. The van der Waals surface area contributed by atoms with E-state index in [1.807, 2.05) is 39.1 Å². The highest BCUT2D eigenvalue weighted by molar-refractivity contribution is 6.05. The molecule has 0 saturated heterocycles. The van der Waals surface area contributed by atoms with Crippen molar-refractivity contribution in [2.24, 2.45) is 0 Å². The highest BCUT2D eigenvalue weighted by atomic mass is 16.1. The molecule has 19 heavy (non-hydrogen) atoms. The van der Waals surface area contributed by atoms with Crippen molar-refractivity contribution in [2.45, 2.75) is 13.8 Å². The van der Waals surface area contributed by atoms with Crippen molar-refractivity contribution in [3.63, 3.8) is 0 Å². The summed E-state index contributed by atoms with van der Waals surface area (Å²) in [7, 11) is 1.86. The van der Waals surface area contributed by atoms with Crippen molar-refractivity contribution in [2.75, 3.05) is 17.7 Å². The first kappa shape index (κ1) is 13.1. The molecule has 0 radical (unpaired) electrons. The van der Waals surface area contributed by atoms with Crippen LogP contribution in [-0.2, 0) is 0 Å². The van der Waals surface area contributed by atoms with Crippen molar-refractivity contribution in [1.29, 1.82) is 0 Å². The van der Waals surface area contributed by atoms with Gasteiger partial charge in [-0.2, -0.15) is 0 Å². The summed E-state index contributed by atoms with van der Waals surface area (Å²) in [5.41, 5.74) is 4.45. The second kappa shape index (κ2) is 5.52. The SMILES string of the molecule is CNc1ccc(C(=O)Nc2ccncc2C)cc1C. The summed E-state index contributed by atoms with van der Waals surface area (Å²) in [4.78, 5) is 16.2. The smallest absolute Gasteiger partial charge is 0.255 e. The summed E-state index contributed by atoms with van der Waals surface area (Å²) in [6, 6.07) is 7.38. The molecule has 2 N–H and O–H groups in total. The van der Waals surface area contributed by atoms with Crippen molar-refractivity contribution >= 4 is 17.3 Å². The summed E-state index contributed by atoms with van der Waals surface area (Å²) in [5, 5.41) is 5.97. The van der Waals surface area contributed by atoms with Crippen molar-refractivity contribution in [1.82, 2.24) is 4.98 Å². The molecule has 1 heterocycles. The molecule has 0 bridgehead atoms. The molecule has 4 heteroatoms. The van der Waals surface area contributed by atoms with Crippen LogP contribution in [0, 0.1) is 13.8 Å². The lowest BCUT2D eigenvalue weighted by atomic mass is 10.1. The van der Waals surface area contributed by atoms with Gasteiger partial charge in [-0.05, 0) is 49.2 Å². The van der Waals surface area contributed by atoms with Gasteiger partial charge in [-0.25, -0.2) is 0 Å². The summed E-state index contributed by atoms with van der Waals surface area (Å²) < 4.78 is 0. The largest absolute Gasteiger partial charge is 0.388 e. The Bertz CT molecular complexity index is 608. The van der Waals surface area contributed by atoms with Gasteiger partial charge in [-0.1, -0.05) is 0 Å². The number of carbonyl (C=O) groups excluding carboxylic acids is 1. The molecule has 0 spiro atoms. The van der Waals surface area contributed by atoms with Crippen LogP contribution in [0.25, 0.3) is 0 Å². The number of nitrogens with zero attached hydrogens (tertiary/aromatic N) is 1. The van der Waals surface area contributed by atoms with E-state index in [-0.39, 0.29) is 5.91 Å². The van der Waals surface area contributed by atoms with E-state index in [0.29, 0.717) is 5.56 Å². The van der Waals surface area contributed by atoms with Gasteiger partial charge in [0, 0.05) is 36.4 Å². The average Bonchev–Trinajstić information content (AvgIpc) is 2.41. The number of aryl methyl sites for hydroxylation is 2. The predicted molar refractivity (Wildman–Crippen MR) is 77.7 cm³/mol. The maximum atomic E-state index is 12.2. The standard InChI is InChI=1S/C15H17N3O/c1-10-8-12(4-5-13(10)16-3)15(19)18-14-6-7-17-9-11(14)2/h4-9,16H,1-3H3,(H,17,18,19). The van der Waals surface area contributed by atoms with E-state index >= 15 is 0 Å². The van der Waals surface area contributed by atoms with Gasteiger partial charge >= 0.3 is 0 Å². The molecule has 4 nitrogen and oxygen atoms in total. The number of hydrogen-bond donors (Lipinski definition) is 2. The fraction of sp³-hybridized carbons (Fsp3) is 0.200. The first-order chi connectivity index (χ1) is 9.11. The van der Waals surface area contributed by atoms with Crippen LogP contribution in [0.15, 0.2) is 36.7 Å². The van der Waals surface area contributed by atoms with Gasteiger partial charge in [0.2, 0.25) is 0 Å². The van der Waals surface area contributed by atoms with Gasteiger partial charge in [0.15, 0.2) is 0 Å². The Morgan fingerprint density at radius 1 is 1.11 bits per heavy atom. The summed E-state index contributed by atoms with van der Waals surface area (Å²) in [5.74, 6) is -0.111. The Balaban J connectivity index is 2.21. The van der Waals surface area contributed by atoms with E-state index in [1.54, 1.807) is 18.5 Å². The predicted octanol–water partition coefficient (Wildman–Crippen LogP) is 2.99. The van der Waals surface area contributed by atoms with E-state index < -0.39 is 0 Å². The fourth-order valence-corrected chi connectivity index (χ4v) is 1.89. The minimum Gasteiger partial charge on any atom is -0.388 e. The van der Waals surface area contributed by atoms with Crippen molar-refractivity contribution in [3.05, 3.63) is 53.3 Å². The molecule has 1 amide bonds. The summed E-state index contributed by atoms with van der Waals surface area (Å²) in [6.07, 6.45) is 3.39. The third-order valence-electron chi connectivity index (χ3n) is 3.03. The number of hydrogen-bond acceptors (Lipinski definition) is 3. The van der Waals surface area contributed by atoms with E-state index in [1.165, 1.54) is 0 Å². The molecule has 0 fully saturated rings. The Morgan fingerprint density at radius 3 is 2.53 bits per heavy atom. The maximum absolute atomic E-state index is 12.2. The topological polar surface area (TPSA) is 54.0 Å². The first-order valence-electron chi connectivity index (χ1n) is 6.12. The zero-order valence-electron chi connectivity index (χ0n) is 11.3. The number of aromatic nitrogens is 1. The molecule has 0 saturated carbocycles. The molecule has 98 valence electrons. The monoisotopic (exact) mass is 255 g/mol. The van der Waals surface area contributed by atoms with E-state index in [0.717, 1.165) is 22.5 Å². The van der Waals surface area contributed by atoms with Crippen LogP contribution < -0.4 is 10.6 Å². The molecule has 0 unspecified atom stereocenters. The summed E-state index contributed by atoms with van der Waals surface area (Å²) >= 11 is 0. The second-order valence-electron chi connectivity index (χ2n) is 4.42. The van der Waals surface area contributed by atoms with E-state index in [9.17, 15) is 4.79 Å². The molecular formula is C15H17N3O. The van der Waals surface area contributed by atoms with E-state index in [2.05, 4.69) is 15.6 Å². The molecule has 0 atom stereocenters. The fourth-order valence-electron chi connectivity index (χ4n) is 1.89. The molecule has 1 aromatic carbocycles. The van der Waals surface area contributed by atoms with Crippen LogP contribution in [0.2, 0.25) is 0 Å². The zero-order chi connectivity index (χ0) is 13.8. The average molecular weight is 255 g/mol. The Morgan fingerprint density at radius 2 is 1.89 bits per heavy atom. The van der Waals surface area contributed by atoms with Crippen molar-refractivity contribution < 1.29 is 4.79 Å². The summed E-state index contributed by atoms with van der Waals surface area (Å²) in [6.45, 7) is 3.89. The molecule has 0 aliphatic rings. The second-order valence-corrected chi connectivity index (χ2v) is 4.42. The molecule has 2 aromatic rings. The number of benzene rings is 1. The number of rotatable bonds is 3. The third-order valence-corrected chi connectivity index (χ3v) is 3.03. The van der Waals surface area contributed by atoms with E-state index in [4.69, 9.17) is 0 Å². The van der Waals surface area contributed by atoms with Crippen LogP contribution in [0.3, 0.4) is 0 Å². The van der Waals surface area contributed by atoms with Crippen molar-refractivity contribution in [3.8, 4) is 0 Å². The van der Waals surface area contributed by atoms with Gasteiger partial charge < -0.3 is 10.6 Å². The molecule has 2 rings (SSSR count). The highest BCUT2D eigenvalue weighted by Gasteiger charge is 2.08. The molecule has 0 aliphatic carbocycles. The van der Waals surface area contributed by atoms with Gasteiger partial charge in [-0.15, -0.1) is 0 Å². The maximum Gasteiger partial charge on any atom is 0.255 e. The third kappa shape index (κ3) is 2.91. The minimum atomic E-state index is -0.111. The number of amides is 1. The number of anilines is 2. The first-order valence-corrected chi connectivity index (χ1v) is 6.12. The number of carbonyl (C=O) groups is 1. The Labute approximate surface area is 112 Å². The number of nitrogens with one attached hydrogen (secondary N) is 2. The van der Waals surface area contributed by atoms with Crippen LogP contribution in [0.1, 0.15) is 21.5 Å². The Hall–Kier alpha value is -2.36. The lowest BCUT2D eigenvalue weighted by Gasteiger charge is -2.10. The van der Waals surface area contributed by atoms with Gasteiger partial charge in [0.05, 0.1) is 0 Å². The van der Waals surface area contributed by atoms with Crippen LogP contribution >= 0.6 is 0 Å². The quantitative estimate of drug-likeness (QED) is 0.886.